The average molecular weight is 204 g/mol. The zero-order valence-corrected chi connectivity index (χ0v) is 8.70. The minimum absolute atomic E-state index is 0.758. The molecule has 1 aromatic heterocycles. The molecule has 80 valence electrons. The second kappa shape index (κ2) is 4.84. The van der Waals surface area contributed by atoms with Crippen molar-refractivity contribution in [2.24, 2.45) is 5.73 Å². The first kappa shape index (κ1) is 10.1. The van der Waals surface area contributed by atoms with Gasteiger partial charge in [-0.1, -0.05) is 12.1 Å². The van der Waals surface area contributed by atoms with Crippen molar-refractivity contribution in [1.29, 1.82) is 0 Å². The van der Waals surface area contributed by atoms with E-state index in [2.05, 4.69) is 11.4 Å². The molecule has 0 fully saturated rings. The van der Waals surface area contributed by atoms with E-state index in [0.29, 0.717) is 0 Å². The van der Waals surface area contributed by atoms with Crippen molar-refractivity contribution < 1.29 is 4.42 Å². The van der Waals surface area contributed by atoms with Crippen LogP contribution in [0.5, 0.6) is 0 Å². The van der Waals surface area contributed by atoms with Crippen molar-refractivity contribution in [1.82, 2.24) is 0 Å². The summed E-state index contributed by atoms with van der Waals surface area (Å²) in [7, 11) is 0. The predicted molar refractivity (Wildman–Crippen MR) is 63.0 cm³/mol. The Morgan fingerprint density at radius 1 is 1.20 bits per heavy atom. The molecule has 0 aliphatic carbocycles. The zero-order valence-electron chi connectivity index (χ0n) is 8.70. The molecule has 0 aliphatic rings. The summed E-state index contributed by atoms with van der Waals surface area (Å²) in [4.78, 5) is 0. The molecule has 1 aromatic carbocycles. The van der Waals surface area contributed by atoms with Crippen molar-refractivity contribution in [3.63, 3.8) is 0 Å². The highest BCUT2D eigenvalue weighted by molar-refractivity contribution is 5.90. The molecule has 3 N–H and O–H groups in total. The summed E-state index contributed by atoms with van der Waals surface area (Å²) >= 11 is 0. The molecule has 2 aromatic rings. The normalized spacial score (nSPS) is 10.7. The lowest BCUT2D eigenvalue weighted by atomic mass is 10.2. The Labute approximate surface area is 89.3 Å². The molecule has 1 heterocycles. The molecule has 0 saturated heterocycles. The third-order valence-electron chi connectivity index (χ3n) is 2.43. The molecular weight excluding hydrogens is 188 g/mol. The summed E-state index contributed by atoms with van der Waals surface area (Å²) in [6.45, 7) is 1.70. The number of furan rings is 1. The van der Waals surface area contributed by atoms with Crippen molar-refractivity contribution in [3.8, 4) is 0 Å². The number of anilines is 1. The van der Waals surface area contributed by atoms with Gasteiger partial charge >= 0.3 is 0 Å². The summed E-state index contributed by atoms with van der Waals surface area (Å²) in [6.07, 6.45) is 3.92. The summed E-state index contributed by atoms with van der Waals surface area (Å²) in [6, 6.07) is 8.03. The van der Waals surface area contributed by atoms with Gasteiger partial charge in [0.05, 0.1) is 5.69 Å². The van der Waals surface area contributed by atoms with Crippen LogP contribution in [-0.4, -0.2) is 13.1 Å². The third kappa shape index (κ3) is 2.30. The van der Waals surface area contributed by atoms with Gasteiger partial charge < -0.3 is 15.5 Å². The van der Waals surface area contributed by atoms with Gasteiger partial charge in [0.15, 0.2) is 0 Å². The summed E-state index contributed by atoms with van der Waals surface area (Å²) in [5.41, 5.74) is 7.43. The second-order valence-corrected chi connectivity index (χ2v) is 3.57. The maximum Gasteiger partial charge on any atom is 0.136 e. The van der Waals surface area contributed by atoms with E-state index in [1.54, 1.807) is 6.26 Å². The van der Waals surface area contributed by atoms with Crippen LogP contribution in [0.3, 0.4) is 0 Å². The predicted octanol–water partition coefficient (Wildman–Crippen LogP) is 2.58. The largest absolute Gasteiger partial charge is 0.462 e. The summed E-state index contributed by atoms with van der Waals surface area (Å²) < 4.78 is 5.42. The van der Waals surface area contributed by atoms with E-state index in [4.69, 9.17) is 10.2 Å². The average Bonchev–Trinajstić information content (AvgIpc) is 2.68. The van der Waals surface area contributed by atoms with Crippen LogP contribution in [-0.2, 0) is 0 Å². The van der Waals surface area contributed by atoms with E-state index >= 15 is 0 Å². The number of fused-ring (bicyclic) bond motifs is 1. The SMILES string of the molecule is NCCCCNc1coc2ccccc12. The molecular formula is C12H16N2O. The molecule has 0 spiro atoms. The molecule has 0 amide bonds. The Kier molecular flexibility index (Phi) is 3.25. The van der Waals surface area contributed by atoms with E-state index in [0.717, 1.165) is 42.6 Å². The number of para-hydroxylation sites is 1. The van der Waals surface area contributed by atoms with E-state index in [9.17, 15) is 0 Å². The van der Waals surface area contributed by atoms with Crippen LogP contribution in [0.15, 0.2) is 34.9 Å². The molecule has 0 unspecified atom stereocenters. The molecule has 3 nitrogen and oxygen atoms in total. The van der Waals surface area contributed by atoms with Gasteiger partial charge in [0.2, 0.25) is 0 Å². The van der Waals surface area contributed by atoms with Gasteiger partial charge in [-0.3, -0.25) is 0 Å². The molecule has 0 atom stereocenters. The first-order valence-corrected chi connectivity index (χ1v) is 5.32. The molecule has 2 rings (SSSR count). The van der Waals surface area contributed by atoms with E-state index < -0.39 is 0 Å². The Balaban J connectivity index is 2.02. The lowest BCUT2D eigenvalue weighted by Gasteiger charge is -2.02. The standard InChI is InChI=1S/C12H16N2O/c13-7-3-4-8-14-11-9-15-12-6-2-1-5-10(11)12/h1-2,5-6,9,14H,3-4,7-8,13H2. The molecule has 0 radical (unpaired) electrons. The van der Waals surface area contributed by atoms with Crippen LogP contribution in [0.25, 0.3) is 11.0 Å². The van der Waals surface area contributed by atoms with Crippen molar-refractivity contribution >= 4 is 16.7 Å². The van der Waals surface area contributed by atoms with Crippen LogP contribution in [0, 0.1) is 0 Å². The fourth-order valence-electron chi connectivity index (χ4n) is 1.61. The number of benzene rings is 1. The fraction of sp³-hybridized carbons (Fsp3) is 0.333. The van der Waals surface area contributed by atoms with Crippen LogP contribution in [0.1, 0.15) is 12.8 Å². The summed E-state index contributed by atoms with van der Waals surface area (Å²) in [5, 5.41) is 4.50. The smallest absolute Gasteiger partial charge is 0.136 e. The quantitative estimate of drug-likeness (QED) is 0.736. The Bertz CT molecular complexity index is 422. The number of hydrogen-bond acceptors (Lipinski definition) is 3. The van der Waals surface area contributed by atoms with E-state index in [-0.39, 0.29) is 0 Å². The second-order valence-electron chi connectivity index (χ2n) is 3.57. The number of rotatable bonds is 5. The molecule has 15 heavy (non-hydrogen) atoms. The fourth-order valence-corrected chi connectivity index (χ4v) is 1.61. The number of hydrogen-bond donors (Lipinski definition) is 2. The molecule has 3 heteroatoms. The maximum atomic E-state index is 5.43. The minimum atomic E-state index is 0.758. The highest BCUT2D eigenvalue weighted by Crippen LogP contribution is 2.24. The lowest BCUT2D eigenvalue weighted by Crippen LogP contribution is -2.05. The van der Waals surface area contributed by atoms with Gasteiger partial charge in [-0.25, -0.2) is 0 Å². The topological polar surface area (TPSA) is 51.2 Å². The van der Waals surface area contributed by atoms with Crippen LogP contribution < -0.4 is 11.1 Å². The van der Waals surface area contributed by atoms with Gasteiger partial charge in [-0.05, 0) is 31.5 Å². The number of unbranched alkanes of at least 4 members (excludes halogenated alkanes) is 1. The van der Waals surface area contributed by atoms with E-state index in [1.165, 1.54) is 0 Å². The molecule has 0 bridgehead atoms. The van der Waals surface area contributed by atoms with Crippen molar-refractivity contribution in [2.75, 3.05) is 18.4 Å². The van der Waals surface area contributed by atoms with Gasteiger partial charge in [0.1, 0.15) is 11.8 Å². The third-order valence-corrected chi connectivity index (χ3v) is 2.43. The Morgan fingerprint density at radius 3 is 2.93 bits per heavy atom. The highest BCUT2D eigenvalue weighted by Gasteiger charge is 2.02. The minimum Gasteiger partial charge on any atom is -0.462 e. The van der Waals surface area contributed by atoms with Crippen molar-refractivity contribution in [3.05, 3.63) is 30.5 Å². The van der Waals surface area contributed by atoms with Gasteiger partial charge in [-0.2, -0.15) is 0 Å². The van der Waals surface area contributed by atoms with Crippen LogP contribution in [0.2, 0.25) is 0 Å². The summed E-state index contributed by atoms with van der Waals surface area (Å²) in [5.74, 6) is 0. The number of nitrogens with one attached hydrogen (secondary N) is 1. The Hall–Kier alpha value is -1.48. The number of nitrogens with two attached hydrogens (primary N) is 1. The Morgan fingerprint density at radius 2 is 2.07 bits per heavy atom. The highest BCUT2D eigenvalue weighted by atomic mass is 16.3. The monoisotopic (exact) mass is 204 g/mol. The lowest BCUT2D eigenvalue weighted by molar-refractivity contribution is 0.616. The first-order chi connectivity index (χ1) is 7.42. The van der Waals surface area contributed by atoms with Gasteiger partial charge in [0, 0.05) is 11.9 Å². The van der Waals surface area contributed by atoms with Crippen LogP contribution >= 0.6 is 0 Å². The molecule has 0 aliphatic heterocycles. The van der Waals surface area contributed by atoms with Gasteiger partial charge in [-0.15, -0.1) is 0 Å². The first-order valence-electron chi connectivity index (χ1n) is 5.32. The zero-order chi connectivity index (χ0) is 10.5. The van der Waals surface area contributed by atoms with Crippen LogP contribution in [0.4, 0.5) is 5.69 Å². The van der Waals surface area contributed by atoms with E-state index in [1.807, 2.05) is 18.2 Å². The van der Waals surface area contributed by atoms with Crippen molar-refractivity contribution in [2.45, 2.75) is 12.8 Å². The molecule has 0 saturated carbocycles. The van der Waals surface area contributed by atoms with Gasteiger partial charge in [0.25, 0.3) is 0 Å². The maximum absolute atomic E-state index is 5.43.